The van der Waals surface area contributed by atoms with Crippen LogP contribution in [0.3, 0.4) is 0 Å². The Hall–Kier alpha value is -0.930. The molecule has 1 aromatic rings. The average Bonchev–Trinajstić information content (AvgIpc) is 2.47. The number of unbranched alkanes of at least 4 members (excludes halogenated alkanes) is 7. The van der Waals surface area contributed by atoms with Crippen molar-refractivity contribution in [1.82, 2.24) is 5.43 Å². The van der Waals surface area contributed by atoms with Crippen molar-refractivity contribution in [3.05, 3.63) is 35.6 Å². The fourth-order valence-corrected chi connectivity index (χ4v) is 2.52. The summed E-state index contributed by atoms with van der Waals surface area (Å²) in [5.41, 5.74) is 3.90. The van der Waals surface area contributed by atoms with Gasteiger partial charge in [0.05, 0.1) is 0 Å². The van der Waals surface area contributed by atoms with Crippen LogP contribution < -0.4 is 11.3 Å². The summed E-state index contributed by atoms with van der Waals surface area (Å²) in [5, 5.41) is 0. The second-order valence-corrected chi connectivity index (χ2v) is 5.53. The Morgan fingerprint density at radius 1 is 0.950 bits per heavy atom. The van der Waals surface area contributed by atoms with Gasteiger partial charge < -0.3 is 0 Å². The molecule has 0 fully saturated rings. The molecule has 3 N–H and O–H groups in total. The molecule has 0 saturated carbocycles. The van der Waals surface area contributed by atoms with E-state index >= 15 is 0 Å². The zero-order valence-corrected chi connectivity index (χ0v) is 12.7. The molecule has 0 aromatic heterocycles. The van der Waals surface area contributed by atoms with E-state index in [1.165, 1.54) is 63.5 Å². The van der Waals surface area contributed by atoms with Crippen LogP contribution in [0.1, 0.15) is 76.3 Å². The maximum Gasteiger partial charge on any atom is 0.123 e. The third kappa shape index (κ3) is 7.01. The molecule has 0 aliphatic heterocycles. The fourth-order valence-electron chi connectivity index (χ4n) is 2.52. The fraction of sp³-hybridized carbons (Fsp3) is 0.647. The van der Waals surface area contributed by atoms with Crippen LogP contribution in [0.2, 0.25) is 0 Å². The van der Waals surface area contributed by atoms with Crippen LogP contribution in [0, 0.1) is 5.82 Å². The van der Waals surface area contributed by atoms with Crippen molar-refractivity contribution in [3.8, 4) is 0 Å². The van der Waals surface area contributed by atoms with Gasteiger partial charge in [-0.05, 0) is 24.1 Å². The van der Waals surface area contributed by atoms with E-state index in [9.17, 15) is 4.39 Å². The summed E-state index contributed by atoms with van der Waals surface area (Å²) in [7, 11) is 0. The van der Waals surface area contributed by atoms with E-state index in [1.807, 2.05) is 12.1 Å². The highest BCUT2D eigenvalue weighted by Gasteiger charge is 2.08. The highest BCUT2D eigenvalue weighted by Crippen LogP contribution is 2.20. The SMILES string of the molecule is CCCCCCCCCCC(NN)c1ccc(F)cc1. The van der Waals surface area contributed by atoms with Gasteiger partial charge in [-0.1, -0.05) is 70.4 Å². The second kappa shape index (κ2) is 10.8. The molecule has 2 nitrogen and oxygen atoms in total. The van der Waals surface area contributed by atoms with Crippen LogP contribution in [0.15, 0.2) is 24.3 Å². The van der Waals surface area contributed by atoms with Crippen LogP contribution in [-0.2, 0) is 0 Å². The van der Waals surface area contributed by atoms with Gasteiger partial charge in [0.25, 0.3) is 0 Å². The first-order valence-corrected chi connectivity index (χ1v) is 7.99. The van der Waals surface area contributed by atoms with Crippen LogP contribution in [0.5, 0.6) is 0 Å². The monoisotopic (exact) mass is 280 g/mol. The molecule has 0 saturated heterocycles. The summed E-state index contributed by atoms with van der Waals surface area (Å²) < 4.78 is 12.9. The molecule has 20 heavy (non-hydrogen) atoms. The number of halogens is 1. The Balaban J connectivity index is 2.14. The molecule has 0 radical (unpaired) electrons. The Labute approximate surface area is 122 Å². The highest BCUT2D eigenvalue weighted by molar-refractivity contribution is 5.19. The Kier molecular flexibility index (Phi) is 9.25. The molecule has 1 aromatic carbocycles. The maximum atomic E-state index is 12.9. The van der Waals surface area contributed by atoms with Gasteiger partial charge in [0.15, 0.2) is 0 Å². The van der Waals surface area contributed by atoms with E-state index < -0.39 is 0 Å². The Morgan fingerprint density at radius 2 is 1.50 bits per heavy atom. The molecule has 0 heterocycles. The predicted octanol–water partition coefficient (Wildman–Crippen LogP) is 4.86. The standard InChI is InChI=1S/C17H29FN2/c1-2-3-4-5-6-7-8-9-10-17(20-19)15-11-13-16(18)14-12-15/h11-14,17,20H,2-10,19H2,1H3. The maximum absolute atomic E-state index is 12.9. The number of nitrogens with one attached hydrogen (secondary N) is 1. The topological polar surface area (TPSA) is 38.0 Å². The van der Waals surface area contributed by atoms with E-state index in [2.05, 4.69) is 12.3 Å². The van der Waals surface area contributed by atoms with E-state index in [0.29, 0.717) is 0 Å². The van der Waals surface area contributed by atoms with E-state index in [1.54, 1.807) is 0 Å². The van der Waals surface area contributed by atoms with Crippen molar-refractivity contribution < 1.29 is 4.39 Å². The molecule has 1 unspecified atom stereocenters. The summed E-state index contributed by atoms with van der Waals surface area (Å²) in [6.07, 6.45) is 11.5. The van der Waals surface area contributed by atoms with Crippen molar-refractivity contribution in [3.63, 3.8) is 0 Å². The van der Waals surface area contributed by atoms with E-state index in [4.69, 9.17) is 5.84 Å². The molecule has 1 rings (SSSR count). The van der Waals surface area contributed by atoms with Crippen LogP contribution in [0.25, 0.3) is 0 Å². The first-order chi connectivity index (χ1) is 9.77. The lowest BCUT2D eigenvalue weighted by Crippen LogP contribution is -2.27. The normalized spacial score (nSPS) is 12.6. The van der Waals surface area contributed by atoms with Gasteiger partial charge in [-0.15, -0.1) is 0 Å². The molecule has 114 valence electrons. The minimum absolute atomic E-state index is 0.135. The smallest absolute Gasteiger partial charge is 0.123 e. The van der Waals surface area contributed by atoms with Crippen molar-refractivity contribution in [2.24, 2.45) is 5.84 Å². The molecular weight excluding hydrogens is 251 g/mol. The summed E-state index contributed by atoms with van der Waals surface area (Å²) in [4.78, 5) is 0. The number of hydrogen-bond donors (Lipinski definition) is 2. The first-order valence-electron chi connectivity index (χ1n) is 7.99. The second-order valence-electron chi connectivity index (χ2n) is 5.53. The highest BCUT2D eigenvalue weighted by atomic mass is 19.1. The van der Waals surface area contributed by atoms with E-state index in [-0.39, 0.29) is 11.9 Å². The van der Waals surface area contributed by atoms with Gasteiger partial charge in [0.2, 0.25) is 0 Å². The van der Waals surface area contributed by atoms with Gasteiger partial charge in [0, 0.05) is 6.04 Å². The van der Waals surface area contributed by atoms with Gasteiger partial charge >= 0.3 is 0 Å². The largest absolute Gasteiger partial charge is 0.271 e. The van der Waals surface area contributed by atoms with Gasteiger partial charge in [-0.3, -0.25) is 11.3 Å². The number of hydrazine groups is 1. The molecule has 1 atom stereocenters. The van der Waals surface area contributed by atoms with E-state index in [0.717, 1.165) is 12.0 Å². The van der Waals surface area contributed by atoms with Crippen molar-refractivity contribution in [2.75, 3.05) is 0 Å². The molecule has 0 aliphatic carbocycles. The van der Waals surface area contributed by atoms with Crippen molar-refractivity contribution in [2.45, 2.75) is 70.8 Å². The van der Waals surface area contributed by atoms with Gasteiger partial charge in [-0.2, -0.15) is 0 Å². The minimum Gasteiger partial charge on any atom is -0.271 e. The summed E-state index contributed by atoms with van der Waals surface area (Å²) >= 11 is 0. The summed E-state index contributed by atoms with van der Waals surface area (Å²) in [5.74, 6) is 5.40. The van der Waals surface area contributed by atoms with Crippen LogP contribution >= 0.6 is 0 Å². The zero-order valence-electron chi connectivity index (χ0n) is 12.7. The lowest BCUT2D eigenvalue weighted by Gasteiger charge is -2.16. The molecule has 3 heteroatoms. The number of rotatable bonds is 11. The van der Waals surface area contributed by atoms with Crippen molar-refractivity contribution >= 4 is 0 Å². The lowest BCUT2D eigenvalue weighted by molar-refractivity contribution is 0.474. The predicted molar refractivity (Wildman–Crippen MR) is 83.7 cm³/mol. The Bertz CT molecular complexity index is 337. The molecule has 0 bridgehead atoms. The number of hydrogen-bond acceptors (Lipinski definition) is 2. The third-order valence-electron chi connectivity index (χ3n) is 3.82. The van der Waals surface area contributed by atoms with Crippen LogP contribution in [0.4, 0.5) is 4.39 Å². The van der Waals surface area contributed by atoms with Gasteiger partial charge in [-0.25, -0.2) is 4.39 Å². The molecule has 0 aliphatic rings. The minimum atomic E-state index is -0.198. The molecular formula is C17H29FN2. The summed E-state index contributed by atoms with van der Waals surface area (Å²) in [6.45, 7) is 2.25. The van der Waals surface area contributed by atoms with Crippen molar-refractivity contribution in [1.29, 1.82) is 0 Å². The first kappa shape index (κ1) is 17.1. The van der Waals surface area contributed by atoms with Crippen LogP contribution in [-0.4, -0.2) is 0 Å². The lowest BCUT2D eigenvalue weighted by atomic mass is 10.00. The number of nitrogens with two attached hydrogens (primary N) is 1. The summed E-state index contributed by atoms with van der Waals surface area (Å²) in [6, 6.07) is 6.74. The molecule has 0 spiro atoms. The number of benzene rings is 1. The average molecular weight is 280 g/mol. The Morgan fingerprint density at radius 3 is 2.05 bits per heavy atom. The zero-order chi connectivity index (χ0) is 14.6. The quantitative estimate of drug-likeness (QED) is 0.345. The third-order valence-corrected chi connectivity index (χ3v) is 3.82. The molecule has 0 amide bonds. The van der Waals surface area contributed by atoms with Gasteiger partial charge in [0.1, 0.15) is 5.82 Å².